The third-order valence-corrected chi connectivity index (χ3v) is 3.97. The van der Waals surface area contributed by atoms with Crippen molar-refractivity contribution in [2.45, 2.75) is 13.3 Å². The summed E-state index contributed by atoms with van der Waals surface area (Å²) in [7, 11) is 0. The molecule has 0 atom stereocenters. The van der Waals surface area contributed by atoms with Gasteiger partial charge in [0.2, 0.25) is 0 Å². The van der Waals surface area contributed by atoms with Crippen molar-refractivity contribution in [3.63, 3.8) is 0 Å². The smallest absolute Gasteiger partial charge is 0.0278 e. The minimum atomic E-state index is 0.765. The molecule has 3 rings (SSSR count). The minimum absolute atomic E-state index is 0.765. The minimum Gasteiger partial charge on any atom is -0.106 e. The van der Waals surface area contributed by atoms with Gasteiger partial charge < -0.3 is 0 Å². The van der Waals surface area contributed by atoms with Crippen molar-refractivity contribution in [2.24, 2.45) is 0 Å². The highest BCUT2D eigenvalue weighted by Gasteiger charge is 2.05. The van der Waals surface area contributed by atoms with Gasteiger partial charge in [0.15, 0.2) is 0 Å². The van der Waals surface area contributed by atoms with Crippen molar-refractivity contribution in [1.29, 1.82) is 0 Å². The maximum atomic E-state index is 3.13. The van der Waals surface area contributed by atoms with Gasteiger partial charge in [-0.1, -0.05) is 96.9 Å². The molecule has 3 aromatic carbocycles. The Balaban J connectivity index is 1.96. The lowest BCUT2D eigenvalue weighted by atomic mass is 9.95. The maximum absolute atomic E-state index is 3.13. The highest BCUT2D eigenvalue weighted by Crippen LogP contribution is 2.27. The molecule has 0 aliphatic carbocycles. The SMILES string of the molecule is CC#CC/C=C(\c1ccccc1)c1ccc(-c2ccccc2)cc1. The van der Waals surface area contributed by atoms with E-state index in [1.165, 1.54) is 27.8 Å². The van der Waals surface area contributed by atoms with Crippen molar-refractivity contribution in [3.05, 3.63) is 102 Å². The van der Waals surface area contributed by atoms with E-state index < -0.39 is 0 Å². The van der Waals surface area contributed by atoms with Gasteiger partial charge >= 0.3 is 0 Å². The van der Waals surface area contributed by atoms with Gasteiger partial charge in [0, 0.05) is 6.42 Å². The highest BCUT2D eigenvalue weighted by molar-refractivity contribution is 5.81. The van der Waals surface area contributed by atoms with Crippen LogP contribution in [-0.4, -0.2) is 0 Å². The standard InChI is InChI=1S/C24H20/c1-2-3-6-15-24(22-13-9-5-10-14-22)23-18-16-21(17-19-23)20-11-7-4-8-12-20/h4-5,7-19H,6H2,1H3/b24-15+. The summed E-state index contributed by atoms with van der Waals surface area (Å²) in [6.07, 6.45) is 2.98. The summed E-state index contributed by atoms with van der Waals surface area (Å²) in [5.74, 6) is 6.09. The zero-order chi connectivity index (χ0) is 16.6. The fourth-order valence-electron chi connectivity index (χ4n) is 2.75. The van der Waals surface area contributed by atoms with Crippen LogP contribution in [-0.2, 0) is 0 Å². The van der Waals surface area contributed by atoms with Gasteiger partial charge in [-0.15, -0.1) is 5.92 Å². The molecule has 0 aliphatic heterocycles. The summed E-state index contributed by atoms with van der Waals surface area (Å²) in [5.41, 5.74) is 6.16. The van der Waals surface area contributed by atoms with E-state index in [1.54, 1.807) is 0 Å². The molecule has 116 valence electrons. The van der Waals surface area contributed by atoms with Crippen LogP contribution in [0.15, 0.2) is 91.0 Å². The van der Waals surface area contributed by atoms with Gasteiger partial charge in [-0.2, -0.15) is 0 Å². The molecule has 0 unspecified atom stereocenters. The zero-order valence-electron chi connectivity index (χ0n) is 13.9. The van der Waals surface area contributed by atoms with E-state index >= 15 is 0 Å². The normalized spacial score (nSPS) is 10.8. The van der Waals surface area contributed by atoms with Gasteiger partial charge in [-0.25, -0.2) is 0 Å². The molecular formula is C24H20. The summed E-state index contributed by atoms with van der Waals surface area (Å²) >= 11 is 0. The summed E-state index contributed by atoms with van der Waals surface area (Å²) < 4.78 is 0. The topological polar surface area (TPSA) is 0 Å². The van der Waals surface area contributed by atoms with Crippen LogP contribution in [0, 0.1) is 11.8 Å². The summed E-state index contributed by atoms with van der Waals surface area (Å²) in [6.45, 7) is 1.88. The third kappa shape index (κ3) is 3.83. The van der Waals surface area contributed by atoms with Crippen molar-refractivity contribution >= 4 is 5.57 Å². The van der Waals surface area contributed by atoms with E-state index in [1.807, 2.05) is 19.1 Å². The highest BCUT2D eigenvalue weighted by atomic mass is 14.1. The average Bonchev–Trinajstić information content (AvgIpc) is 2.67. The van der Waals surface area contributed by atoms with E-state index in [2.05, 4.69) is 90.7 Å². The maximum Gasteiger partial charge on any atom is 0.0278 e. The van der Waals surface area contributed by atoms with Crippen LogP contribution in [0.5, 0.6) is 0 Å². The summed E-state index contributed by atoms with van der Waals surface area (Å²) in [6, 6.07) is 29.7. The molecule has 0 aromatic heterocycles. The second-order valence-electron chi connectivity index (χ2n) is 5.56. The molecular weight excluding hydrogens is 288 g/mol. The fourth-order valence-corrected chi connectivity index (χ4v) is 2.75. The second-order valence-corrected chi connectivity index (χ2v) is 5.56. The molecule has 0 aliphatic rings. The van der Waals surface area contributed by atoms with Crippen LogP contribution in [0.3, 0.4) is 0 Å². The molecule has 0 radical (unpaired) electrons. The van der Waals surface area contributed by atoms with Crippen LogP contribution in [0.1, 0.15) is 24.5 Å². The van der Waals surface area contributed by atoms with Crippen LogP contribution in [0.2, 0.25) is 0 Å². The Hall–Kier alpha value is -3.04. The quantitative estimate of drug-likeness (QED) is 0.503. The predicted molar refractivity (Wildman–Crippen MR) is 103 cm³/mol. The molecule has 0 N–H and O–H groups in total. The van der Waals surface area contributed by atoms with E-state index in [0.29, 0.717) is 0 Å². The fraction of sp³-hybridized carbons (Fsp3) is 0.0833. The first-order chi connectivity index (χ1) is 11.9. The molecule has 0 heteroatoms. The number of allylic oxidation sites excluding steroid dienone is 1. The number of benzene rings is 3. The Morgan fingerprint density at radius 3 is 1.88 bits per heavy atom. The molecule has 0 saturated carbocycles. The number of hydrogen-bond donors (Lipinski definition) is 0. The Morgan fingerprint density at radius 2 is 1.25 bits per heavy atom. The summed E-state index contributed by atoms with van der Waals surface area (Å²) in [5, 5.41) is 0. The molecule has 0 spiro atoms. The Morgan fingerprint density at radius 1 is 0.708 bits per heavy atom. The van der Waals surface area contributed by atoms with E-state index in [-0.39, 0.29) is 0 Å². The lowest BCUT2D eigenvalue weighted by molar-refractivity contribution is 1.43. The van der Waals surface area contributed by atoms with E-state index in [0.717, 1.165) is 6.42 Å². The third-order valence-electron chi connectivity index (χ3n) is 3.97. The van der Waals surface area contributed by atoms with E-state index in [4.69, 9.17) is 0 Å². The van der Waals surface area contributed by atoms with Crippen molar-refractivity contribution in [1.82, 2.24) is 0 Å². The van der Waals surface area contributed by atoms with Gasteiger partial charge in [0.1, 0.15) is 0 Å². The molecule has 0 heterocycles. The predicted octanol–water partition coefficient (Wildman–Crippen LogP) is 6.20. The lowest BCUT2D eigenvalue weighted by Gasteiger charge is -2.10. The Kier molecular flexibility index (Phi) is 5.28. The number of rotatable bonds is 4. The monoisotopic (exact) mass is 308 g/mol. The molecule has 3 aromatic rings. The van der Waals surface area contributed by atoms with Gasteiger partial charge in [-0.3, -0.25) is 0 Å². The van der Waals surface area contributed by atoms with Crippen molar-refractivity contribution in [2.75, 3.05) is 0 Å². The molecule has 0 saturated heterocycles. The van der Waals surface area contributed by atoms with Gasteiger partial charge in [-0.05, 0) is 34.8 Å². The Labute approximate surface area is 144 Å². The van der Waals surface area contributed by atoms with Crippen molar-refractivity contribution in [3.8, 4) is 23.0 Å². The summed E-state index contributed by atoms with van der Waals surface area (Å²) in [4.78, 5) is 0. The van der Waals surface area contributed by atoms with E-state index in [9.17, 15) is 0 Å². The van der Waals surface area contributed by atoms with Crippen molar-refractivity contribution < 1.29 is 0 Å². The first-order valence-electron chi connectivity index (χ1n) is 8.19. The lowest BCUT2D eigenvalue weighted by Crippen LogP contribution is -1.88. The van der Waals surface area contributed by atoms with Gasteiger partial charge in [0.05, 0.1) is 0 Å². The van der Waals surface area contributed by atoms with Crippen LogP contribution in [0.4, 0.5) is 0 Å². The molecule has 24 heavy (non-hydrogen) atoms. The largest absolute Gasteiger partial charge is 0.106 e. The molecule has 0 bridgehead atoms. The van der Waals surface area contributed by atoms with Crippen LogP contribution >= 0.6 is 0 Å². The molecule has 0 nitrogen and oxygen atoms in total. The molecule has 0 amide bonds. The van der Waals surface area contributed by atoms with Crippen LogP contribution in [0.25, 0.3) is 16.7 Å². The number of hydrogen-bond acceptors (Lipinski definition) is 0. The molecule has 0 fully saturated rings. The first kappa shape index (κ1) is 15.8. The van der Waals surface area contributed by atoms with Gasteiger partial charge in [0.25, 0.3) is 0 Å². The average molecular weight is 308 g/mol. The van der Waals surface area contributed by atoms with Crippen LogP contribution < -0.4 is 0 Å². The second kappa shape index (κ2) is 7.99. The zero-order valence-corrected chi connectivity index (χ0v) is 13.9. The Bertz CT molecular complexity index is 858. The first-order valence-corrected chi connectivity index (χ1v) is 8.19.